The smallest absolute Gasteiger partial charge is 0.164 e. The number of fused-ring (bicyclic) bond motifs is 5. The summed E-state index contributed by atoms with van der Waals surface area (Å²) in [4.78, 5) is 20.4. The molecular weight excluding hydrogens is 765 g/mol. The molecule has 4 nitrogen and oxygen atoms in total. The van der Waals surface area contributed by atoms with Crippen molar-refractivity contribution in [2.75, 3.05) is 0 Å². The second-order valence-electron chi connectivity index (χ2n) is 16.2. The van der Waals surface area contributed by atoms with Crippen LogP contribution in [0.5, 0.6) is 0 Å². The van der Waals surface area contributed by atoms with Crippen LogP contribution >= 0.6 is 0 Å². The molecule has 9 aromatic carbocycles. The number of hydrogen-bond donors (Lipinski definition) is 0. The SMILES string of the molecule is c1ccc(C2(c3ccccc3)c3ccccc3-c3ccc(-c4cc(-c5cccnc5)cc(-c5nc(-c6ccc7ccccc7c6)nc(-c6cccc7ccccc67)n5)c4)cc32)cc1. The zero-order chi connectivity index (χ0) is 41.7. The van der Waals surface area contributed by atoms with E-state index in [0.717, 1.165) is 55.1 Å². The highest BCUT2D eigenvalue weighted by atomic mass is 15.0. The van der Waals surface area contributed by atoms with E-state index in [0.29, 0.717) is 17.5 Å². The number of rotatable bonds is 7. The van der Waals surface area contributed by atoms with E-state index in [9.17, 15) is 0 Å². The molecule has 0 saturated carbocycles. The van der Waals surface area contributed by atoms with Gasteiger partial charge in [-0.1, -0.05) is 182 Å². The van der Waals surface area contributed by atoms with Crippen LogP contribution in [0.2, 0.25) is 0 Å². The highest BCUT2D eigenvalue weighted by Gasteiger charge is 2.46. The van der Waals surface area contributed by atoms with Gasteiger partial charge in [-0.25, -0.2) is 15.0 Å². The Balaban J connectivity index is 1.10. The maximum atomic E-state index is 5.33. The van der Waals surface area contributed by atoms with Gasteiger partial charge in [0.05, 0.1) is 5.41 Å². The molecule has 294 valence electrons. The molecule has 0 bridgehead atoms. The van der Waals surface area contributed by atoms with Gasteiger partial charge in [0.2, 0.25) is 0 Å². The van der Waals surface area contributed by atoms with Gasteiger partial charge in [0.25, 0.3) is 0 Å². The van der Waals surface area contributed by atoms with Crippen molar-refractivity contribution in [3.8, 4) is 67.5 Å². The van der Waals surface area contributed by atoms with Gasteiger partial charge in [0, 0.05) is 34.6 Å². The van der Waals surface area contributed by atoms with E-state index in [1.165, 1.54) is 38.8 Å². The van der Waals surface area contributed by atoms with Crippen molar-refractivity contribution in [1.82, 2.24) is 19.9 Å². The molecule has 1 aliphatic carbocycles. The minimum absolute atomic E-state index is 0.523. The van der Waals surface area contributed by atoms with Crippen molar-refractivity contribution in [1.29, 1.82) is 0 Å². The highest BCUT2D eigenvalue weighted by Crippen LogP contribution is 2.56. The standard InChI is InChI=1S/C59H38N4/c1-3-20-48(21-4-1)59(49-22-5-2-6-23-49)54-27-12-11-25-51(54)52-31-30-42(37-55(52)59)45-34-46(44-19-14-32-60-38-44)36-47(35-45)57-61-56(43-29-28-39-15-7-8-17-41(39)33-43)62-58(63-57)53-26-13-18-40-16-9-10-24-50(40)53/h1-38H. The van der Waals surface area contributed by atoms with Gasteiger partial charge in [0.15, 0.2) is 17.5 Å². The number of nitrogens with zero attached hydrogens (tertiary/aromatic N) is 4. The molecule has 0 aliphatic heterocycles. The van der Waals surface area contributed by atoms with Crippen LogP contribution in [-0.4, -0.2) is 19.9 Å². The van der Waals surface area contributed by atoms with Crippen LogP contribution in [-0.2, 0) is 5.41 Å². The van der Waals surface area contributed by atoms with Crippen molar-refractivity contribution in [2.45, 2.75) is 5.41 Å². The molecule has 0 spiro atoms. The molecule has 2 aromatic heterocycles. The number of aromatic nitrogens is 4. The van der Waals surface area contributed by atoms with Crippen molar-refractivity contribution >= 4 is 21.5 Å². The Morgan fingerprint density at radius 2 is 0.889 bits per heavy atom. The first-order valence-electron chi connectivity index (χ1n) is 21.4. The lowest BCUT2D eigenvalue weighted by Crippen LogP contribution is -2.28. The Morgan fingerprint density at radius 1 is 0.302 bits per heavy atom. The minimum Gasteiger partial charge on any atom is -0.264 e. The molecule has 11 aromatic rings. The van der Waals surface area contributed by atoms with Crippen LogP contribution in [0.4, 0.5) is 0 Å². The molecule has 0 atom stereocenters. The summed E-state index contributed by atoms with van der Waals surface area (Å²) in [6.45, 7) is 0. The predicted molar refractivity (Wildman–Crippen MR) is 257 cm³/mol. The molecule has 12 rings (SSSR count). The molecule has 1 aliphatic rings. The third-order valence-electron chi connectivity index (χ3n) is 12.7. The van der Waals surface area contributed by atoms with Crippen LogP contribution in [0.1, 0.15) is 22.3 Å². The van der Waals surface area contributed by atoms with Crippen molar-refractivity contribution in [2.24, 2.45) is 0 Å². The quantitative estimate of drug-likeness (QED) is 0.161. The zero-order valence-electron chi connectivity index (χ0n) is 34.2. The Labute approximate surface area is 365 Å². The van der Waals surface area contributed by atoms with E-state index in [4.69, 9.17) is 15.0 Å². The van der Waals surface area contributed by atoms with Gasteiger partial charge < -0.3 is 0 Å². The lowest BCUT2D eigenvalue weighted by Gasteiger charge is -2.34. The van der Waals surface area contributed by atoms with Gasteiger partial charge in [-0.05, 0) is 108 Å². The second-order valence-corrected chi connectivity index (χ2v) is 16.2. The molecule has 0 saturated heterocycles. The molecule has 63 heavy (non-hydrogen) atoms. The average Bonchev–Trinajstić information content (AvgIpc) is 3.67. The fraction of sp³-hybridized carbons (Fsp3) is 0.0169. The van der Waals surface area contributed by atoms with Gasteiger partial charge in [-0.3, -0.25) is 4.98 Å². The fourth-order valence-electron chi connectivity index (χ4n) is 9.75. The zero-order valence-corrected chi connectivity index (χ0v) is 34.2. The maximum absolute atomic E-state index is 5.33. The van der Waals surface area contributed by atoms with E-state index in [2.05, 4.69) is 217 Å². The first kappa shape index (κ1) is 36.5. The molecular formula is C59H38N4. The normalized spacial score (nSPS) is 12.6. The second kappa shape index (κ2) is 15.0. The summed E-state index contributed by atoms with van der Waals surface area (Å²) >= 11 is 0. The van der Waals surface area contributed by atoms with Gasteiger partial charge in [-0.2, -0.15) is 0 Å². The van der Waals surface area contributed by atoms with Crippen molar-refractivity contribution in [3.63, 3.8) is 0 Å². The van der Waals surface area contributed by atoms with Crippen LogP contribution < -0.4 is 0 Å². The Kier molecular flexibility index (Phi) is 8.68. The molecule has 0 fully saturated rings. The number of hydrogen-bond acceptors (Lipinski definition) is 4. The number of benzene rings is 9. The van der Waals surface area contributed by atoms with Crippen LogP contribution in [0.3, 0.4) is 0 Å². The summed E-state index contributed by atoms with van der Waals surface area (Å²) in [6, 6.07) is 78.2. The molecule has 0 unspecified atom stereocenters. The third kappa shape index (κ3) is 6.14. The summed E-state index contributed by atoms with van der Waals surface area (Å²) < 4.78 is 0. The lowest BCUT2D eigenvalue weighted by atomic mass is 9.67. The Hall–Kier alpha value is -8.34. The lowest BCUT2D eigenvalue weighted by molar-refractivity contribution is 0.769. The summed E-state index contributed by atoms with van der Waals surface area (Å²) in [5.74, 6) is 1.84. The molecule has 0 amide bonds. The molecule has 4 heteroatoms. The van der Waals surface area contributed by atoms with Crippen molar-refractivity contribution < 1.29 is 0 Å². The summed E-state index contributed by atoms with van der Waals surface area (Å²) in [7, 11) is 0. The van der Waals surface area contributed by atoms with Crippen LogP contribution in [0.25, 0.3) is 89.1 Å². The summed E-state index contributed by atoms with van der Waals surface area (Å²) in [6.07, 6.45) is 3.74. The van der Waals surface area contributed by atoms with E-state index in [-0.39, 0.29) is 0 Å². The van der Waals surface area contributed by atoms with Crippen LogP contribution in [0.15, 0.2) is 231 Å². The van der Waals surface area contributed by atoms with Gasteiger partial charge in [0.1, 0.15) is 0 Å². The highest BCUT2D eigenvalue weighted by molar-refractivity contribution is 5.96. The minimum atomic E-state index is -0.523. The molecule has 0 radical (unpaired) electrons. The van der Waals surface area contributed by atoms with Gasteiger partial charge >= 0.3 is 0 Å². The van der Waals surface area contributed by atoms with E-state index < -0.39 is 5.41 Å². The Morgan fingerprint density at radius 3 is 1.67 bits per heavy atom. The molecule has 0 N–H and O–H groups in total. The topological polar surface area (TPSA) is 51.6 Å². The predicted octanol–water partition coefficient (Wildman–Crippen LogP) is 14.3. The third-order valence-corrected chi connectivity index (χ3v) is 12.7. The van der Waals surface area contributed by atoms with Crippen molar-refractivity contribution in [3.05, 3.63) is 253 Å². The van der Waals surface area contributed by atoms with E-state index >= 15 is 0 Å². The van der Waals surface area contributed by atoms with Crippen LogP contribution in [0, 0.1) is 0 Å². The summed E-state index contributed by atoms with van der Waals surface area (Å²) in [5.41, 5.74) is 13.9. The average molecular weight is 803 g/mol. The van der Waals surface area contributed by atoms with Gasteiger partial charge in [-0.15, -0.1) is 0 Å². The van der Waals surface area contributed by atoms with E-state index in [1.807, 2.05) is 18.5 Å². The largest absolute Gasteiger partial charge is 0.264 e. The first-order chi connectivity index (χ1) is 31.2. The number of pyridine rings is 1. The maximum Gasteiger partial charge on any atom is 0.164 e. The Bertz CT molecular complexity index is 3460. The summed E-state index contributed by atoms with van der Waals surface area (Å²) in [5, 5.41) is 4.52. The fourth-order valence-corrected chi connectivity index (χ4v) is 9.75. The first-order valence-corrected chi connectivity index (χ1v) is 21.4. The monoisotopic (exact) mass is 802 g/mol. The van der Waals surface area contributed by atoms with E-state index in [1.54, 1.807) is 0 Å². The molecule has 2 heterocycles.